The number of amides is 3. The Balaban J connectivity index is 1.80. The van der Waals surface area contributed by atoms with Crippen LogP contribution in [0.4, 0.5) is 11.4 Å². The van der Waals surface area contributed by atoms with Gasteiger partial charge in [0.05, 0.1) is 18.4 Å². The molecule has 3 amide bonds. The lowest BCUT2D eigenvalue weighted by Gasteiger charge is -2.31. The van der Waals surface area contributed by atoms with Gasteiger partial charge in [-0.15, -0.1) is 0 Å². The van der Waals surface area contributed by atoms with E-state index in [1.807, 2.05) is 26.0 Å². The highest BCUT2D eigenvalue weighted by atomic mass is 32.1. The van der Waals surface area contributed by atoms with E-state index in [-0.39, 0.29) is 28.3 Å². The topological polar surface area (TPSA) is 150 Å². The molecule has 10 nitrogen and oxygen atoms in total. The van der Waals surface area contributed by atoms with Crippen LogP contribution in [0.1, 0.15) is 64.0 Å². The number of anilines is 2. The minimum atomic E-state index is -1.07. The molecule has 0 saturated carbocycles. The Bertz CT molecular complexity index is 1300. The third kappa shape index (κ3) is 6.37. The van der Waals surface area contributed by atoms with Crippen LogP contribution in [0, 0.1) is 0 Å². The highest BCUT2D eigenvalue weighted by Crippen LogP contribution is 2.34. The number of primary amides is 1. The summed E-state index contributed by atoms with van der Waals surface area (Å²) in [4.78, 5) is 41.2. The first-order valence-corrected chi connectivity index (χ1v) is 13.7. The number of aryl methyl sites for hydroxylation is 1. The maximum Gasteiger partial charge on any atom is 0.273 e. The average Bonchev–Trinajstić information content (AvgIpc) is 3.60. The molecule has 2 atom stereocenters. The number of hydrogen-bond donors (Lipinski definition) is 3. The summed E-state index contributed by atoms with van der Waals surface area (Å²) >= 11 is 0.772. The zero-order valence-electron chi connectivity index (χ0n) is 22.0. The van der Waals surface area contributed by atoms with E-state index in [1.54, 1.807) is 36.4 Å². The van der Waals surface area contributed by atoms with E-state index in [0.29, 0.717) is 36.8 Å². The maximum atomic E-state index is 14.1. The zero-order chi connectivity index (χ0) is 27.9. The number of rotatable bonds is 11. The largest absolute Gasteiger partial charge is 0.494 e. The molecule has 1 aliphatic heterocycles. The predicted octanol–water partition coefficient (Wildman–Crippen LogP) is 3.47. The molecule has 206 valence electrons. The Kier molecular flexibility index (Phi) is 9.15. The summed E-state index contributed by atoms with van der Waals surface area (Å²) in [5.41, 5.74) is 13.4. The van der Waals surface area contributed by atoms with Crippen molar-refractivity contribution in [2.45, 2.75) is 45.3 Å². The quantitative estimate of drug-likeness (QED) is 0.330. The number of nitrogen functional groups attached to an aromatic ring is 1. The number of carbonyl (C=O) groups excluding carboxylic acids is 3. The number of aromatic nitrogens is 1. The van der Waals surface area contributed by atoms with Gasteiger partial charge in [0.25, 0.3) is 11.8 Å². The Morgan fingerprint density at radius 3 is 2.44 bits per heavy atom. The van der Waals surface area contributed by atoms with E-state index >= 15 is 0 Å². The van der Waals surface area contributed by atoms with Crippen molar-refractivity contribution in [3.05, 3.63) is 70.2 Å². The van der Waals surface area contributed by atoms with Crippen molar-refractivity contribution in [3.63, 3.8) is 0 Å². The van der Waals surface area contributed by atoms with Crippen LogP contribution in [0.2, 0.25) is 0 Å². The van der Waals surface area contributed by atoms with Gasteiger partial charge >= 0.3 is 0 Å². The molecule has 0 radical (unpaired) electrons. The van der Waals surface area contributed by atoms with Gasteiger partial charge in [-0.1, -0.05) is 31.2 Å². The number of nitrogens with one attached hydrogen (secondary N) is 1. The number of hydrogen-bond acceptors (Lipinski definition) is 8. The highest BCUT2D eigenvalue weighted by Gasteiger charge is 2.36. The number of nitrogens with two attached hydrogens (primary N) is 2. The van der Waals surface area contributed by atoms with E-state index in [9.17, 15) is 14.4 Å². The lowest BCUT2D eigenvalue weighted by molar-refractivity contribution is -0.123. The second kappa shape index (κ2) is 12.7. The summed E-state index contributed by atoms with van der Waals surface area (Å²) in [6, 6.07) is 13.3. The van der Waals surface area contributed by atoms with Crippen LogP contribution in [-0.2, 0) is 16.0 Å². The first-order chi connectivity index (χ1) is 18.8. The molecule has 2 heterocycles. The minimum absolute atomic E-state index is 0.0197. The molecule has 39 heavy (non-hydrogen) atoms. The summed E-state index contributed by atoms with van der Waals surface area (Å²) in [6.07, 6.45) is 2.51. The zero-order valence-corrected chi connectivity index (χ0v) is 22.8. The van der Waals surface area contributed by atoms with E-state index < -0.39 is 17.9 Å². The lowest BCUT2D eigenvalue weighted by Crippen LogP contribution is -2.45. The Labute approximate surface area is 231 Å². The number of ether oxygens (including phenoxy) is 2. The Morgan fingerprint density at radius 2 is 1.87 bits per heavy atom. The summed E-state index contributed by atoms with van der Waals surface area (Å²) in [7, 11) is 0. The van der Waals surface area contributed by atoms with Crippen molar-refractivity contribution in [2.24, 2.45) is 5.73 Å². The smallest absolute Gasteiger partial charge is 0.273 e. The summed E-state index contributed by atoms with van der Waals surface area (Å²) in [5, 5.41) is 2.97. The van der Waals surface area contributed by atoms with Crippen LogP contribution in [0.15, 0.2) is 48.5 Å². The van der Waals surface area contributed by atoms with E-state index in [4.69, 9.17) is 20.9 Å². The first-order valence-electron chi connectivity index (χ1n) is 12.9. The molecule has 2 aromatic carbocycles. The van der Waals surface area contributed by atoms with E-state index in [2.05, 4.69) is 9.69 Å². The van der Waals surface area contributed by atoms with Gasteiger partial charge in [0.2, 0.25) is 5.91 Å². The van der Waals surface area contributed by atoms with Gasteiger partial charge in [-0.2, -0.15) is 4.37 Å². The number of nitrogens with zero attached hydrogens (tertiary/aromatic N) is 2. The van der Waals surface area contributed by atoms with E-state index in [0.717, 1.165) is 36.4 Å². The molecule has 1 fully saturated rings. The molecular weight excluding hydrogens is 518 g/mol. The average molecular weight is 552 g/mol. The number of carbonyl (C=O) groups is 3. The summed E-state index contributed by atoms with van der Waals surface area (Å²) in [5.74, 6) is -1.16. The summed E-state index contributed by atoms with van der Waals surface area (Å²) in [6.45, 7) is 5.38. The molecule has 11 heteroatoms. The van der Waals surface area contributed by atoms with Gasteiger partial charge in [-0.3, -0.25) is 19.3 Å². The molecule has 1 aromatic heterocycles. The van der Waals surface area contributed by atoms with Crippen molar-refractivity contribution < 1.29 is 23.9 Å². The third-order valence-corrected chi connectivity index (χ3v) is 7.39. The fraction of sp³-hybridized carbons (Fsp3) is 0.357. The maximum absolute atomic E-state index is 14.1. The van der Waals surface area contributed by atoms with Crippen LogP contribution in [0.3, 0.4) is 0 Å². The molecule has 3 aromatic rings. The second-order valence-corrected chi connectivity index (χ2v) is 9.89. The number of benzene rings is 2. The van der Waals surface area contributed by atoms with Crippen LogP contribution in [-0.4, -0.2) is 48.0 Å². The first kappa shape index (κ1) is 28.1. The minimum Gasteiger partial charge on any atom is -0.494 e. The van der Waals surface area contributed by atoms with Crippen molar-refractivity contribution in [2.75, 3.05) is 30.4 Å². The second-order valence-electron chi connectivity index (χ2n) is 9.12. The van der Waals surface area contributed by atoms with Gasteiger partial charge in [-0.05, 0) is 73.1 Å². The standard InChI is InChI=1S/C28H33N5O5S/c1-3-17-7-11-19(12-8-17)33(28(36)25-22(29)23(26(30)34)32-39-25)24(18-9-13-20(14-10-18)37-4-2)27(35)31-16-21-6-5-15-38-21/h7-14,21,24H,3-6,15-16,29H2,1-2H3,(H2,30,34)(H,31,35)/t21-,24-/m0/s1. The van der Waals surface area contributed by atoms with Crippen molar-refractivity contribution in [3.8, 4) is 5.75 Å². The monoisotopic (exact) mass is 551 g/mol. The van der Waals surface area contributed by atoms with Crippen molar-refractivity contribution >= 4 is 40.6 Å². The van der Waals surface area contributed by atoms with Gasteiger partial charge in [-0.25, -0.2) is 0 Å². The molecular formula is C28H33N5O5S. The molecule has 4 rings (SSSR count). The van der Waals surface area contributed by atoms with E-state index in [1.165, 1.54) is 4.90 Å². The molecule has 1 aliphatic rings. The van der Waals surface area contributed by atoms with Gasteiger partial charge < -0.3 is 26.3 Å². The summed E-state index contributed by atoms with van der Waals surface area (Å²) < 4.78 is 15.3. The molecule has 0 spiro atoms. The van der Waals surface area contributed by atoms with Gasteiger partial charge in [0.1, 0.15) is 16.7 Å². The highest BCUT2D eigenvalue weighted by molar-refractivity contribution is 7.09. The Morgan fingerprint density at radius 1 is 1.15 bits per heavy atom. The van der Waals surface area contributed by atoms with Crippen molar-refractivity contribution in [1.29, 1.82) is 0 Å². The SMILES string of the molecule is CCOc1ccc([C@@H](C(=O)NC[C@@H]2CCCO2)N(C(=O)c2snc(C(N)=O)c2N)c2ccc(CC)cc2)cc1. The molecule has 5 N–H and O–H groups in total. The normalized spacial score (nSPS) is 15.5. The van der Waals surface area contributed by atoms with Crippen LogP contribution in [0.5, 0.6) is 5.75 Å². The van der Waals surface area contributed by atoms with Gasteiger partial charge in [0.15, 0.2) is 5.69 Å². The Hall–Kier alpha value is -3.96. The van der Waals surface area contributed by atoms with Crippen molar-refractivity contribution in [1.82, 2.24) is 9.69 Å². The molecule has 0 unspecified atom stereocenters. The molecule has 0 bridgehead atoms. The fourth-order valence-corrected chi connectivity index (χ4v) is 5.20. The predicted molar refractivity (Wildman–Crippen MR) is 150 cm³/mol. The molecule has 1 saturated heterocycles. The van der Waals surface area contributed by atoms with Crippen LogP contribution >= 0.6 is 11.5 Å². The van der Waals surface area contributed by atoms with Crippen LogP contribution in [0.25, 0.3) is 0 Å². The fourth-order valence-electron chi connectivity index (χ4n) is 4.46. The lowest BCUT2D eigenvalue weighted by atomic mass is 10.0. The molecule has 0 aliphatic carbocycles. The third-order valence-electron chi connectivity index (χ3n) is 6.54. The van der Waals surface area contributed by atoms with Gasteiger partial charge in [0, 0.05) is 18.8 Å². The van der Waals surface area contributed by atoms with Crippen LogP contribution < -0.4 is 26.4 Å².